The van der Waals surface area contributed by atoms with E-state index in [1.54, 1.807) is 6.92 Å². The minimum Gasteiger partial charge on any atom is -0.361 e. The smallest absolute Gasteiger partial charge is 0.301 e. The topological polar surface area (TPSA) is 124 Å². The molecular formula is C12H16ClN3O6S. The fourth-order valence-corrected chi connectivity index (χ4v) is 2.87. The molecule has 0 spiro atoms. The van der Waals surface area contributed by atoms with Gasteiger partial charge in [0.1, 0.15) is 0 Å². The van der Waals surface area contributed by atoms with Crippen LogP contribution in [0.1, 0.15) is 26.7 Å². The molecule has 0 radical (unpaired) electrons. The van der Waals surface area contributed by atoms with Crippen LogP contribution in [0, 0.1) is 20.2 Å². The number of nitro benzene ring substituents is 2. The maximum Gasteiger partial charge on any atom is 0.301 e. The summed E-state index contributed by atoms with van der Waals surface area (Å²) < 4.78 is 22.8. The van der Waals surface area contributed by atoms with Gasteiger partial charge in [-0.25, -0.2) is 8.42 Å². The fourth-order valence-electron chi connectivity index (χ4n) is 2.10. The second-order valence-corrected chi connectivity index (χ2v) is 7.26. The molecule has 0 bridgehead atoms. The van der Waals surface area contributed by atoms with Crippen molar-refractivity contribution in [2.75, 3.05) is 18.0 Å². The van der Waals surface area contributed by atoms with Crippen molar-refractivity contribution in [2.45, 2.75) is 31.6 Å². The molecule has 23 heavy (non-hydrogen) atoms. The number of unbranched alkanes of at least 4 members (excludes halogenated alkanes) is 1. The molecule has 128 valence electrons. The van der Waals surface area contributed by atoms with E-state index >= 15 is 0 Å². The highest BCUT2D eigenvalue weighted by molar-refractivity contribution is 8.13. The van der Waals surface area contributed by atoms with Crippen LogP contribution >= 0.6 is 10.7 Å². The van der Waals surface area contributed by atoms with Crippen molar-refractivity contribution >= 4 is 36.8 Å². The number of halogens is 1. The molecule has 0 saturated carbocycles. The van der Waals surface area contributed by atoms with E-state index in [0.29, 0.717) is 19.5 Å². The molecule has 0 heterocycles. The zero-order chi connectivity index (χ0) is 17.8. The number of nitro groups is 2. The van der Waals surface area contributed by atoms with Crippen LogP contribution in [-0.4, -0.2) is 31.4 Å². The molecule has 0 aromatic heterocycles. The van der Waals surface area contributed by atoms with Crippen molar-refractivity contribution in [3.05, 3.63) is 32.4 Å². The Hall–Kier alpha value is -1.94. The van der Waals surface area contributed by atoms with Gasteiger partial charge in [0.25, 0.3) is 9.05 Å². The summed E-state index contributed by atoms with van der Waals surface area (Å²) in [6, 6.07) is 1.50. The van der Waals surface area contributed by atoms with Crippen molar-refractivity contribution < 1.29 is 18.3 Å². The molecule has 1 rings (SSSR count). The normalized spacial score (nSPS) is 11.3. The third-order valence-electron chi connectivity index (χ3n) is 3.20. The first-order valence-corrected chi connectivity index (χ1v) is 9.10. The molecule has 0 aliphatic rings. The van der Waals surface area contributed by atoms with Crippen LogP contribution in [0.25, 0.3) is 0 Å². The summed E-state index contributed by atoms with van der Waals surface area (Å²) in [6.07, 6.45) is 1.48. The number of rotatable bonds is 8. The van der Waals surface area contributed by atoms with E-state index in [0.717, 1.165) is 18.6 Å². The van der Waals surface area contributed by atoms with Crippen molar-refractivity contribution in [2.24, 2.45) is 0 Å². The predicted octanol–water partition coefficient (Wildman–Crippen LogP) is 3.06. The molecule has 0 aliphatic carbocycles. The van der Waals surface area contributed by atoms with Crippen molar-refractivity contribution in [3.8, 4) is 0 Å². The zero-order valence-electron chi connectivity index (χ0n) is 12.6. The molecule has 1 aromatic rings. The van der Waals surface area contributed by atoms with Crippen LogP contribution in [0.4, 0.5) is 17.1 Å². The summed E-state index contributed by atoms with van der Waals surface area (Å²) in [5, 5.41) is 22.6. The Bertz CT molecular complexity index is 687. The van der Waals surface area contributed by atoms with Crippen molar-refractivity contribution in [1.82, 2.24) is 0 Å². The monoisotopic (exact) mass is 365 g/mol. The number of hydrogen-bond donors (Lipinski definition) is 0. The van der Waals surface area contributed by atoms with Gasteiger partial charge in [0.15, 0.2) is 5.69 Å². The minimum absolute atomic E-state index is 0.208. The number of anilines is 1. The van der Waals surface area contributed by atoms with E-state index in [1.807, 2.05) is 6.92 Å². The lowest BCUT2D eigenvalue weighted by Gasteiger charge is -2.22. The van der Waals surface area contributed by atoms with Gasteiger partial charge in [0, 0.05) is 35.9 Å². The molecule has 0 unspecified atom stereocenters. The first-order valence-electron chi connectivity index (χ1n) is 6.79. The molecule has 0 N–H and O–H groups in total. The zero-order valence-corrected chi connectivity index (χ0v) is 14.1. The molecule has 0 aliphatic heterocycles. The Morgan fingerprint density at radius 3 is 1.91 bits per heavy atom. The van der Waals surface area contributed by atoms with Gasteiger partial charge in [-0.2, -0.15) is 0 Å². The highest BCUT2D eigenvalue weighted by atomic mass is 35.7. The van der Waals surface area contributed by atoms with Crippen LogP contribution in [0.3, 0.4) is 0 Å². The standard InChI is InChI=1S/C12H16ClN3O6S/c1-3-5-6-14(4-2)12-10(15(17)18)7-9(23(13,21)22)8-11(12)16(19)20/h7-8H,3-6H2,1-2H3. The summed E-state index contributed by atoms with van der Waals surface area (Å²) >= 11 is 0. The lowest BCUT2D eigenvalue weighted by molar-refractivity contribution is -0.393. The van der Waals surface area contributed by atoms with Crippen LogP contribution in [0.2, 0.25) is 0 Å². The lowest BCUT2D eigenvalue weighted by atomic mass is 10.2. The average molecular weight is 366 g/mol. The Kier molecular flexibility index (Phi) is 6.28. The average Bonchev–Trinajstić information content (AvgIpc) is 2.46. The van der Waals surface area contributed by atoms with Crippen LogP contribution in [0.15, 0.2) is 17.0 Å². The minimum atomic E-state index is -4.34. The molecule has 9 nitrogen and oxygen atoms in total. The molecule has 0 saturated heterocycles. The Labute approximate surface area is 137 Å². The summed E-state index contributed by atoms with van der Waals surface area (Å²) in [4.78, 5) is 21.7. The maximum absolute atomic E-state index is 11.4. The van der Waals surface area contributed by atoms with Crippen molar-refractivity contribution in [3.63, 3.8) is 0 Å². The molecule has 0 amide bonds. The Morgan fingerprint density at radius 2 is 1.61 bits per heavy atom. The van der Waals surface area contributed by atoms with Crippen LogP contribution < -0.4 is 4.90 Å². The summed E-state index contributed by atoms with van der Waals surface area (Å²) in [5.41, 5.74) is -1.52. The van der Waals surface area contributed by atoms with E-state index in [-0.39, 0.29) is 5.69 Å². The molecule has 1 aromatic carbocycles. The van der Waals surface area contributed by atoms with Gasteiger partial charge in [0.2, 0.25) is 0 Å². The second kappa shape index (κ2) is 7.55. The molecule has 11 heteroatoms. The highest BCUT2D eigenvalue weighted by Crippen LogP contribution is 2.40. The fraction of sp³-hybridized carbons (Fsp3) is 0.500. The SMILES string of the molecule is CCCCN(CC)c1c([N+](=O)[O-])cc(S(=O)(=O)Cl)cc1[N+](=O)[O-]. The summed E-state index contributed by atoms with van der Waals surface area (Å²) in [7, 11) is 0.839. The number of hydrogen-bond acceptors (Lipinski definition) is 7. The van der Waals surface area contributed by atoms with E-state index in [1.165, 1.54) is 4.90 Å². The van der Waals surface area contributed by atoms with Crippen LogP contribution in [0.5, 0.6) is 0 Å². The third kappa shape index (κ3) is 4.52. The maximum atomic E-state index is 11.4. The van der Waals surface area contributed by atoms with Gasteiger partial charge in [-0.3, -0.25) is 20.2 Å². The van der Waals surface area contributed by atoms with Gasteiger partial charge in [0.05, 0.1) is 14.7 Å². The van der Waals surface area contributed by atoms with Gasteiger partial charge >= 0.3 is 11.4 Å². The number of nitrogens with zero attached hydrogens (tertiary/aromatic N) is 3. The quantitative estimate of drug-likeness (QED) is 0.394. The van der Waals surface area contributed by atoms with Gasteiger partial charge in [-0.15, -0.1) is 0 Å². The van der Waals surface area contributed by atoms with Crippen LogP contribution in [-0.2, 0) is 9.05 Å². The summed E-state index contributed by atoms with van der Waals surface area (Å²) in [5.74, 6) is 0. The van der Waals surface area contributed by atoms with Gasteiger partial charge in [-0.05, 0) is 13.3 Å². The Morgan fingerprint density at radius 1 is 1.13 bits per heavy atom. The van der Waals surface area contributed by atoms with E-state index in [4.69, 9.17) is 10.7 Å². The van der Waals surface area contributed by atoms with E-state index in [2.05, 4.69) is 0 Å². The third-order valence-corrected chi connectivity index (χ3v) is 4.53. The first kappa shape index (κ1) is 19.1. The van der Waals surface area contributed by atoms with E-state index in [9.17, 15) is 28.6 Å². The Balaban J connectivity index is 3.71. The van der Waals surface area contributed by atoms with Crippen molar-refractivity contribution in [1.29, 1.82) is 0 Å². The predicted molar refractivity (Wildman–Crippen MR) is 85.6 cm³/mol. The largest absolute Gasteiger partial charge is 0.361 e. The summed E-state index contributed by atoms with van der Waals surface area (Å²) in [6.45, 7) is 4.30. The second-order valence-electron chi connectivity index (χ2n) is 4.70. The van der Waals surface area contributed by atoms with Gasteiger partial charge in [-0.1, -0.05) is 13.3 Å². The lowest BCUT2D eigenvalue weighted by Crippen LogP contribution is -2.25. The molecular weight excluding hydrogens is 350 g/mol. The van der Waals surface area contributed by atoms with E-state index < -0.39 is 35.2 Å². The molecule has 0 fully saturated rings. The van der Waals surface area contributed by atoms with Gasteiger partial charge < -0.3 is 4.90 Å². The molecule has 0 atom stereocenters. The first-order chi connectivity index (χ1) is 10.6. The highest BCUT2D eigenvalue weighted by Gasteiger charge is 2.32. The number of benzene rings is 1.